The predicted octanol–water partition coefficient (Wildman–Crippen LogP) is 4.98. The fourth-order valence-electron chi connectivity index (χ4n) is 2.84. The molecule has 1 rings (SSSR count). The third-order valence-corrected chi connectivity index (χ3v) is 4.31. The number of phenolic OH excluding ortho intramolecular Hbond substituents is 1. The van der Waals surface area contributed by atoms with Crippen molar-refractivity contribution >= 4 is 12.1 Å². The molecule has 0 aromatic heterocycles. The monoisotopic (exact) mass is 407 g/mol. The van der Waals surface area contributed by atoms with Crippen molar-refractivity contribution in [2.75, 3.05) is 0 Å². The first kappa shape index (κ1) is 24.8. The van der Waals surface area contributed by atoms with E-state index in [2.05, 4.69) is 5.32 Å². The topological polar surface area (TPSA) is 84.9 Å². The van der Waals surface area contributed by atoms with Crippen LogP contribution >= 0.6 is 0 Å². The van der Waals surface area contributed by atoms with Crippen molar-refractivity contribution in [3.8, 4) is 5.75 Å². The summed E-state index contributed by atoms with van der Waals surface area (Å²) in [4.78, 5) is 25.0. The summed E-state index contributed by atoms with van der Waals surface area (Å²) in [5.41, 5.74) is -0.987. The van der Waals surface area contributed by atoms with Gasteiger partial charge in [0.2, 0.25) is 0 Å². The Bertz CT molecular complexity index is 685. The lowest BCUT2D eigenvalue weighted by Gasteiger charge is -2.32. The van der Waals surface area contributed by atoms with E-state index in [4.69, 9.17) is 9.47 Å². The van der Waals surface area contributed by atoms with Crippen LogP contribution < -0.4 is 5.32 Å². The average Bonchev–Trinajstić information content (AvgIpc) is 2.51. The molecule has 0 saturated carbocycles. The summed E-state index contributed by atoms with van der Waals surface area (Å²) >= 11 is 0. The Hall–Kier alpha value is -2.24. The SMILES string of the molecule is C[C@@H](CCC(C)(Cc1ccc(O)cc1)C(=O)OC(C)(C)C)NC(=O)OC(C)(C)C. The first-order chi connectivity index (χ1) is 13.1. The fourth-order valence-corrected chi connectivity index (χ4v) is 2.84. The highest BCUT2D eigenvalue weighted by Crippen LogP contribution is 2.33. The quantitative estimate of drug-likeness (QED) is 0.623. The summed E-state index contributed by atoms with van der Waals surface area (Å²) in [6, 6.07) is 6.67. The molecule has 0 aliphatic rings. The molecule has 2 atom stereocenters. The van der Waals surface area contributed by atoms with Crippen molar-refractivity contribution in [2.45, 2.75) is 91.9 Å². The molecule has 0 saturated heterocycles. The van der Waals surface area contributed by atoms with Gasteiger partial charge in [0.05, 0.1) is 5.41 Å². The Morgan fingerprint density at radius 1 is 0.966 bits per heavy atom. The largest absolute Gasteiger partial charge is 0.508 e. The van der Waals surface area contributed by atoms with Crippen molar-refractivity contribution in [2.24, 2.45) is 5.41 Å². The highest BCUT2D eigenvalue weighted by Gasteiger charge is 2.37. The maximum atomic E-state index is 13.0. The Labute approximate surface area is 175 Å². The summed E-state index contributed by atoms with van der Waals surface area (Å²) in [5.74, 6) is -0.0922. The van der Waals surface area contributed by atoms with Gasteiger partial charge in [-0.1, -0.05) is 12.1 Å². The molecule has 1 aromatic carbocycles. The first-order valence-corrected chi connectivity index (χ1v) is 10.1. The summed E-state index contributed by atoms with van der Waals surface area (Å²) in [7, 11) is 0. The van der Waals surface area contributed by atoms with Crippen LogP contribution in [0.25, 0.3) is 0 Å². The highest BCUT2D eigenvalue weighted by atomic mass is 16.6. The summed E-state index contributed by atoms with van der Waals surface area (Å²) < 4.78 is 11.0. The van der Waals surface area contributed by atoms with Gasteiger partial charge in [-0.25, -0.2) is 4.79 Å². The number of aromatic hydroxyl groups is 1. The van der Waals surface area contributed by atoms with Gasteiger partial charge in [0.15, 0.2) is 0 Å². The van der Waals surface area contributed by atoms with Crippen LogP contribution in [0.3, 0.4) is 0 Å². The van der Waals surface area contributed by atoms with E-state index < -0.39 is 22.7 Å². The molecule has 6 nitrogen and oxygen atoms in total. The zero-order chi connectivity index (χ0) is 22.5. The van der Waals surface area contributed by atoms with Crippen molar-refractivity contribution < 1.29 is 24.2 Å². The number of nitrogens with one attached hydrogen (secondary N) is 1. The summed E-state index contributed by atoms with van der Waals surface area (Å²) in [6.45, 7) is 14.8. The van der Waals surface area contributed by atoms with Gasteiger partial charge in [-0.05, 0) is 92.3 Å². The minimum Gasteiger partial charge on any atom is -0.508 e. The fraction of sp³-hybridized carbons (Fsp3) is 0.652. The van der Waals surface area contributed by atoms with Gasteiger partial charge >= 0.3 is 12.1 Å². The lowest BCUT2D eigenvalue weighted by Crippen LogP contribution is -2.41. The molecule has 0 aliphatic carbocycles. The van der Waals surface area contributed by atoms with E-state index >= 15 is 0 Å². The maximum Gasteiger partial charge on any atom is 0.407 e. The number of rotatable bonds is 7. The zero-order valence-electron chi connectivity index (χ0n) is 19.1. The van der Waals surface area contributed by atoms with Gasteiger partial charge in [-0.3, -0.25) is 4.79 Å². The smallest absolute Gasteiger partial charge is 0.407 e. The van der Waals surface area contributed by atoms with Crippen LogP contribution in [-0.4, -0.2) is 34.4 Å². The molecule has 1 aromatic rings. The third-order valence-electron chi connectivity index (χ3n) is 4.31. The lowest BCUT2D eigenvalue weighted by atomic mass is 9.78. The molecule has 6 heteroatoms. The van der Waals surface area contributed by atoms with E-state index in [1.807, 2.05) is 55.4 Å². The van der Waals surface area contributed by atoms with Crippen LogP contribution in [-0.2, 0) is 20.7 Å². The molecule has 0 radical (unpaired) electrons. The zero-order valence-corrected chi connectivity index (χ0v) is 19.1. The molecule has 1 unspecified atom stereocenters. The van der Waals surface area contributed by atoms with E-state index in [0.717, 1.165) is 5.56 Å². The van der Waals surface area contributed by atoms with Crippen LogP contribution in [0.15, 0.2) is 24.3 Å². The highest BCUT2D eigenvalue weighted by molar-refractivity contribution is 5.77. The normalized spacial score (nSPS) is 15.2. The Balaban J connectivity index is 2.86. The van der Waals surface area contributed by atoms with E-state index in [1.54, 1.807) is 24.3 Å². The second kappa shape index (κ2) is 9.51. The van der Waals surface area contributed by atoms with Crippen LogP contribution in [0.5, 0.6) is 5.75 Å². The minimum atomic E-state index is -0.770. The number of ether oxygens (including phenoxy) is 2. The number of amides is 1. The molecule has 2 N–H and O–H groups in total. The molecule has 164 valence electrons. The van der Waals surface area contributed by atoms with Gasteiger partial charge in [-0.15, -0.1) is 0 Å². The molecule has 0 bridgehead atoms. The lowest BCUT2D eigenvalue weighted by molar-refractivity contribution is -0.167. The van der Waals surface area contributed by atoms with Crippen LogP contribution in [0.1, 0.15) is 73.8 Å². The van der Waals surface area contributed by atoms with Crippen molar-refractivity contribution in [1.29, 1.82) is 0 Å². The van der Waals surface area contributed by atoms with Crippen LogP contribution in [0.4, 0.5) is 4.79 Å². The number of benzene rings is 1. The van der Waals surface area contributed by atoms with Crippen molar-refractivity contribution in [3.05, 3.63) is 29.8 Å². The number of alkyl carbamates (subject to hydrolysis) is 1. The average molecular weight is 408 g/mol. The second-order valence-corrected chi connectivity index (χ2v) is 9.99. The molecule has 0 fully saturated rings. The number of hydrogen-bond donors (Lipinski definition) is 2. The molecule has 29 heavy (non-hydrogen) atoms. The van der Waals surface area contributed by atoms with Crippen molar-refractivity contribution in [3.63, 3.8) is 0 Å². The number of carbonyl (C=O) groups excluding carboxylic acids is 2. The van der Waals surface area contributed by atoms with Crippen LogP contribution in [0, 0.1) is 5.41 Å². The minimum absolute atomic E-state index is 0.161. The number of carbonyl (C=O) groups is 2. The predicted molar refractivity (Wildman–Crippen MR) is 114 cm³/mol. The van der Waals surface area contributed by atoms with E-state index in [0.29, 0.717) is 19.3 Å². The van der Waals surface area contributed by atoms with Crippen molar-refractivity contribution in [1.82, 2.24) is 5.32 Å². The first-order valence-electron chi connectivity index (χ1n) is 10.1. The molecular weight excluding hydrogens is 370 g/mol. The van der Waals surface area contributed by atoms with Gasteiger partial charge in [0, 0.05) is 6.04 Å². The number of phenols is 1. The van der Waals surface area contributed by atoms with Gasteiger partial charge in [0.1, 0.15) is 17.0 Å². The number of hydrogen-bond acceptors (Lipinski definition) is 5. The van der Waals surface area contributed by atoms with E-state index in [9.17, 15) is 14.7 Å². The van der Waals surface area contributed by atoms with E-state index in [-0.39, 0.29) is 17.8 Å². The summed E-state index contributed by atoms with van der Waals surface area (Å²) in [5, 5.41) is 12.3. The standard InChI is InChI=1S/C23H37NO5/c1-16(24-20(27)29-22(5,6)7)13-14-23(8,19(26)28-21(2,3)4)15-17-9-11-18(25)12-10-17/h9-12,16,25H,13-15H2,1-8H3,(H,24,27)/t16-,23?/m0/s1. The van der Waals surface area contributed by atoms with Gasteiger partial charge in [0.25, 0.3) is 0 Å². The molecule has 1 amide bonds. The summed E-state index contributed by atoms with van der Waals surface area (Å²) in [6.07, 6.45) is 1.12. The maximum absolute atomic E-state index is 13.0. The second-order valence-electron chi connectivity index (χ2n) is 9.99. The van der Waals surface area contributed by atoms with Crippen LogP contribution in [0.2, 0.25) is 0 Å². The molecular formula is C23H37NO5. The van der Waals surface area contributed by atoms with Gasteiger partial charge in [-0.2, -0.15) is 0 Å². The van der Waals surface area contributed by atoms with E-state index in [1.165, 1.54) is 0 Å². The van der Waals surface area contributed by atoms with Gasteiger partial charge < -0.3 is 19.9 Å². The Morgan fingerprint density at radius 2 is 1.48 bits per heavy atom. The Morgan fingerprint density at radius 3 is 1.97 bits per heavy atom. The third kappa shape index (κ3) is 9.68. The molecule has 0 aliphatic heterocycles. The molecule has 0 heterocycles. The molecule has 0 spiro atoms. The Kier molecular flexibility index (Phi) is 8.13. The number of esters is 1.